The molecule has 0 fully saturated rings. The highest BCUT2D eigenvalue weighted by atomic mass is 16.7. The van der Waals surface area contributed by atoms with E-state index in [1.807, 2.05) is 60.7 Å². The highest BCUT2D eigenvalue weighted by Crippen LogP contribution is 2.48. The number of fused-ring (bicyclic) bond motifs is 8. The van der Waals surface area contributed by atoms with Gasteiger partial charge in [-0.2, -0.15) is 0 Å². The zero-order valence-electron chi connectivity index (χ0n) is 19.7. The highest BCUT2D eigenvalue weighted by molar-refractivity contribution is 6.10. The smallest absolute Gasteiger partial charge is 0.344 e. The SMILES string of the molecule is CCOC1Oc2c(c(=O)oc3ccc4ccccc4c23)C1c1c(O)c2c(ccc3ccccc32)oc1=O. The molecule has 37 heavy (non-hydrogen) atoms. The van der Waals surface area contributed by atoms with Gasteiger partial charge in [0, 0.05) is 6.61 Å². The van der Waals surface area contributed by atoms with Gasteiger partial charge in [0.05, 0.1) is 27.8 Å². The average Bonchev–Trinajstić information content (AvgIpc) is 3.27. The summed E-state index contributed by atoms with van der Waals surface area (Å²) < 4.78 is 23.5. The maximum absolute atomic E-state index is 13.4. The Morgan fingerprint density at radius 1 is 0.757 bits per heavy atom. The number of benzene rings is 4. The van der Waals surface area contributed by atoms with E-state index in [9.17, 15) is 14.7 Å². The van der Waals surface area contributed by atoms with Crippen LogP contribution in [0.1, 0.15) is 24.0 Å². The molecule has 0 bridgehead atoms. The summed E-state index contributed by atoms with van der Waals surface area (Å²) in [4.78, 5) is 26.7. The van der Waals surface area contributed by atoms with E-state index in [-0.39, 0.29) is 34.8 Å². The van der Waals surface area contributed by atoms with Crippen molar-refractivity contribution >= 4 is 43.5 Å². The predicted molar refractivity (Wildman–Crippen MR) is 140 cm³/mol. The van der Waals surface area contributed by atoms with Gasteiger partial charge in [-0.3, -0.25) is 0 Å². The van der Waals surface area contributed by atoms with Gasteiger partial charge in [0.25, 0.3) is 0 Å². The molecule has 4 aromatic carbocycles. The second-order valence-corrected chi connectivity index (χ2v) is 9.02. The molecule has 0 saturated heterocycles. The van der Waals surface area contributed by atoms with Crippen molar-refractivity contribution < 1.29 is 23.4 Å². The van der Waals surface area contributed by atoms with Crippen molar-refractivity contribution in [3.8, 4) is 11.5 Å². The Kier molecular flexibility index (Phi) is 4.65. The predicted octanol–water partition coefficient (Wildman–Crippen LogP) is 5.80. The second kappa shape index (κ2) is 7.94. The number of hydrogen-bond acceptors (Lipinski definition) is 7. The van der Waals surface area contributed by atoms with Gasteiger partial charge in [0.15, 0.2) is 0 Å². The van der Waals surface area contributed by atoms with Crippen molar-refractivity contribution in [3.63, 3.8) is 0 Å². The van der Waals surface area contributed by atoms with E-state index >= 15 is 0 Å². The normalized spacial score (nSPS) is 17.0. The van der Waals surface area contributed by atoms with Crippen molar-refractivity contribution in [2.45, 2.75) is 19.1 Å². The maximum atomic E-state index is 13.4. The fourth-order valence-corrected chi connectivity index (χ4v) is 5.48. The summed E-state index contributed by atoms with van der Waals surface area (Å²) in [6, 6.07) is 22.2. The molecule has 7 heteroatoms. The highest BCUT2D eigenvalue weighted by Gasteiger charge is 2.45. The third-order valence-electron chi connectivity index (χ3n) is 7.05. The van der Waals surface area contributed by atoms with E-state index in [2.05, 4.69) is 0 Å². The molecule has 1 aliphatic heterocycles. The number of aromatic hydroxyl groups is 1. The molecule has 3 heterocycles. The van der Waals surface area contributed by atoms with Crippen LogP contribution in [0.4, 0.5) is 0 Å². The molecule has 2 aromatic heterocycles. The number of ether oxygens (including phenoxy) is 2. The van der Waals surface area contributed by atoms with E-state index in [4.69, 9.17) is 18.3 Å². The molecule has 0 radical (unpaired) electrons. The molecule has 182 valence electrons. The molecule has 0 aliphatic carbocycles. The minimum Gasteiger partial charge on any atom is -0.507 e. The molecular formula is C30H20O7. The van der Waals surface area contributed by atoms with Crippen LogP contribution < -0.4 is 16.0 Å². The van der Waals surface area contributed by atoms with Crippen LogP contribution in [0, 0.1) is 0 Å². The van der Waals surface area contributed by atoms with Gasteiger partial charge in [-0.1, -0.05) is 60.7 Å². The van der Waals surface area contributed by atoms with Crippen LogP contribution >= 0.6 is 0 Å². The first kappa shape index (κ1) is 21.6. The van der Waals surface area contributed by atoms with Gasteiger partial charge in [0.2, 0.25) is 6.29 Å². The summed E-state index contributed by atoms with van der Waals surface area (Å²) in [6.45, 7) is 2.04. The third kappa shape index (κ3) is 3.04. The molecular weight excluding hydrogens is 472 g/mol. The quantitative estimate of drug-likeness (QED) is 0.246. The van der Waals surface area contributed by atoms with Gasteiger partial charge in [-0.05, 0) is 40.6 Å². The molecule has 1 aliphatic rings. The molecule has 2 unspecified atom stereocenters. The first-order valence-electron chi connectivity index (χ1n) is 12.0. The molecule has 0 amide bonds. The minimum atomic E-state index is -1.06. The topological polar surface area (TPSA) is 99.1 Å². The molecule has 7 nitrogen and oxygen atoms in total. The Balaban J connectivity index is 1.59. The van der Waals surface area contributed by atoms with Gasteiger partial charge < -0.3 is 23.4 Å². The zero-order chi connectivity index (χ0) is 25.3. The van der Waals surface area contributed by atoms with Crippen molar-refractivity contribution in [3.05, 3.63) is 105 Å². The van der Waals surface area contributed by atoms with E-state index < -0.39 is 23.5 Å². The Morgan fingerprint density at radius 3 is 1.97 bits per heavy atom. The van der Waals surface area contributed by atoms with Crippen LogP contribution in [0.25, 0.3) is 43.5 Å². The number of rotatable bonds is 3. The molecule has 1 N–H and O–H groups in total. The fourth-order valence-electron chi connectivity index (χ4n) is 5.48. The summed E-state index contributed by atoms with van der Waals surface area (Å²) in [6.07, 6.45) is -1.05. The van der Waals surface area contributed by atoms with Crippen LogP contribution in [0.3, 0.4) is 0 Å². The lowest BCUT2D eigenvalue weighted by Gasteiger charge is -2.19. The Bertz CT molecular complexity index is 2000. The van der Waals surface area contributed by atoms with E-state index in [1.54, 1.807) is 19.1 Å². The first-order chi connectivity index (χ1) is 18.1. The van der Waals surface area contributed by atoms with Crippen LogP contribution in [-0.4, -0.2) is 18.0 Å². The van der Waals surface area contributed by atoms with Crippen molar-refractivity contribution in [1.82, 2.24) is 0 Å². The van der Waals surface area contributed by atoms with Crippen molar-refractivity contribution in [1.29, 1.82) is 0 Å². The standard InChI is InChI=1S/C30H20O7/c1-2-34-30-23(24-26(31)21-17-9-5-3-7-15(17)11-13-19(21)35-28(24)32)25-27(37-30)22-18-10-6-4-8-16(18)12-14-20(22)36-29(25)33/h3-14,23,30-31H,2H2,1H3. The summed E-state index contributed by atoms with van der Waals surface area (Å²) in [5.41, 5.74) is -0.823. The third-order valence-corrected chi connectivity index (χ3v) is 7.05. The van der Waals surface area contributed by atoms with Crippen molar-refractivity contribution in [2.24, 2.45) is 0 Å². The Labute approximate surface area is 209 Å². The van der Waals surface area contributed by atoms with Crippen LogP contribution in [0.5, 0.6) is 11.5 Å². The molecule has 7 rings (SSSR count). The molecule has 2 atom stereocenters. The maximum Gasteiger partial charge on any atom is 0.344 e. The molecule has 0 spiro atoms. The summed E-state index contributed by atoms with van der Waals surface area (Å²) in [5, 5.41) is 15.9. The largest absolute Gasteiger partial charge is 0.507 e. The summed E-state index contributed by atoms with van der Waals surface area (Å²) in [5.74, 6) is -1.05. The first-order valence-corrected chi connectivity index (χ1v) is 12.0. The second-order valence-electron chi connectivity index (χ2n) is 9.02. The van der Waals surface area contributed by atoms with Gasteiger partial charge in [-0.15, -0.1) is 0 Å². The molecule has 0 saturated carbocycles. The van der Waals surface area contributed by atoms with Gasteiger partial charge in [-0.25, -0.2) is 9.59 Å². The van der Waals surface area contributed by atoms with Gasteiger partial charge in [0.1, 0.15) is 22.7 Å². The van der Waals surface area contributed by atoms with Crippen LogP contribution in [0.2, 0.25) is 0 Å². The average molecular weight is 492 g/mol. The van der Waals surface area contributed by atoms with E-state index in [0.717, 1.165) is 16.2 Å². The lowest BCUT2D eigenvalue weighted by Crippen LogP contribution is -2.29. The number of hydrogen-bond donors (Lipinski definition) is 1. The van der Waals surface area contributed by atoms with Crippen molar-refractivity contribution in [2.75, 3.05) is 6.61 Å². The Morgan fingerprint density at radius 2 is 1.32 bits per heavy atom. The lowest BCUT2D eigenvalue weighted by atomic mass is 9.90. The Hall–Kier alpha value is -4.62. The van der Waals surface area contributed by atoms with E-state index in [1.165, 1.54) is 0 Å². The van der Waals surface area contributed by atoms with Gasteiger partial charge >= 0.3 is 11.3 Å². The minimum absolute atomic E-state index is 0.104. The van der Waals surface area contributed by atoms with E-state index in [0.29, 0.717) is 21.7 Å². The monoisotopic (exact) mass is 492 g/mol. The lowest BCUT2D eigenvalue weighted by molar-refractivity contribution is -0.0698. The summed E-state index contributed by atoms with van der Waals surface area (Å²) >= 11 is 0. The fraction of sp³-hybridized carbons (Fsp3) is 0.133. The van der Waals surface area contributed by atoms with Crippen LogP contribution in [-0.2, 0) is 4.74 Å². The summed E-state index contributed by atoms with van der Waals surface area (Å²) in [7, 11) is 0. The molecule has 6 aromatic rings. The zero-order valence-corrected chi connectivity index (χ0v) is 19.7. The van der Waals surface area contributed by atoms with Crippen LogP contribution in [0.15, 0.2) is 91.2 Å².